The molecule has 0 fully saturated rings. The van der Waals surface area contributed by atoms with Gasteiger partial charge in [0, 0.05) is 36.7 Å². The van der Waals surface area contributed by atoms with Crippen LogP contribution in [-0.4, -0.2) is 28.0 Å². The highest BCUT2D eigenvalue weighted by molar-refractivity contribution is 5.94. The van der Waals surface area contributed by atoms with Gasteiger partial charge in [-0.25, -0.2) is 4.98 Å². The minimum atomic E-state index is -0.151. The predicted octanol–water partition coefficient (Wildman–Crippen LogP) is 4.44. The lowest BCUT2D eigenvalue weighted by molar-refractivity contribution is -0.117. The number of carbonyl (C=O) groups excluding carboxylic acids is 2. The van der Waals surface area contributed by atoms with E-state index in [1.54, 1.807) is 36.8 Å². The number of aryl methyl sites for hydroxylation is 1. The third-order valence-corrected chi connectivity index (χ3v) is 4.73. The molecule has 7 nitrogen and oxygen atoms in total. The van der Waals surface area contributed by atoms with Gasteiger partial charge in [0.25, 0.3) is 0 Å². The van der Waals surface area contributed by atoms with Gasteiger partial charge in [-0.3, -0.25) is 9.59 Å². The Morgan fingerprint density at radius 1 is 1.00 bits per heavy atom. The second kappa shape index (κ2) is 11.0. The predicted molar refractivity (Wildman–Crippen MR) is 121 cm³/mol. The minimum Gasteiger partial charge on any atom is -0.493 e. The first-order chi connectivity index (χ1) is 15.0. The molecule has 0 radical (unpaired) electrons. The lowest BCUT2D eigenvalue weighted by atomic mass is 10.0. The largest absolute Gasteiger partial charge is 0.493 e. The molecule has 0 saturated carbocycles. The van der Waals surface area contributed by atoms with Crippen molar-refractivity contribution in [2.75, 3.05) is 17.2 Å². The van der Waals surface area contributed by atoms with E-state index in [1.807, 2.05) is 35.0 Å². The number of anilines is 2. The summed E-state index contributed by atoms with van der Waals surface area (Å²) in [5, 5.41) is 5.68. The zero-order valence-corrected chi connectivity index (χ0v) is 17.9. The number of rotatable bonds is 10. The topological polar surface area (TPSA) is 85.3 Å². The normalized spacial score (nSPS) is 10.7. The van der Waals surface area contributed by atoms with E-state index < -0.39 is 0 Å². The number of benzene rings is 2. The molecule has 0 bridgehead atoms. The highest BCUT2D eigenvalue weighted by Gasteiger charge is 2.07. The van der Waals surface area contributed by atoms with E-state index >= 15 is 0 Å². The van der Waals surface area contributed by atoms with Gasteiger partial charge in [-0.2, -0.15) is 0 Å². The highest BCUT2D eigenvalue weighted by atomic mass is 16.5. The molecule has 0 aliphatic heterocycles. The number of nitrogens with one attached hydrogen (secondary N) is 2. The lowest BCUT2D eigenvalue weighted by Gasteiger charge is -2.10. The van der Waals surface area contributed by atoms with Crippen molar-refractivity contribution in [3.05, 3.63) is 72.8 Å². The summed E-state index contributed by atoms with van der Waals surface area (Å²) < 4.78 is 7.50. The molecule has 1 aromatic heterocycles. The summed E-state index contributed by atoms with van der Waals surface area (Å²) >= 11 is 0. The van der Waals surface area contributed by atoms with Crippen LogP contribution in [0.4, 0.5) is 11.4 Å². The maximum absolute atomic E-state index is 12.2. The van der Waals surface area contributed by atoms with Gasteiger partial charge in [0.2, 0.25) is 11.8 Å². The van der Waals surface area contributed by atoms with Gasteiger partial charge in [0.1, 0.15) is 5.75 Å². The molecule has 0 aliphatic rings. The maximum Gasteiger partial charge on any atom is 0.227 e. The van der Waals surface area contributed by atoms with Crippen molar-refractivity contribution >= 4 is 23.2 Å². The Hall–Kier alpha value is -3.61. The molecule has 0 unspecified atom stereocenters. The number of nitrogens with zero attached hydrogens (tertiary/aromatic N) is 2. The van der Waals surface area contributed by atoms with Gasteiger partial charge in [-0.15, -0.1) is 0 Å². The Bertz CT molecular complexity index is 982. The molecule has 0 spiro atoms. The molecule has 2 amide bonds. The average Bonchev–Trinajstić information content (AvgIpc) is 3.27. The first-order valence-electron chi connectivity index (χ1n) is 10.4. The Morgan fingerprint density at radius 3 is 2.29 bits per heavy atom. The van der Waals surface area contributed by atoms with Crippen molar-refractivity contribution in [2.45, 2.75) is 39.2 Å². The zero-order valence-electron chi connectivity index (χ0n) is 17.9. The number of ether oxygens (including phenoxy) is 1. The Labute approximate surface area is 182 Å². The highest BCUT2D eigenvalue weighted by Crippen LogP contribution is 2.19. The van der Waals surface area contributed by atoms with Crippen molar-refractivity contribution in [1.29, 1.82) is 0 Å². The molecule has 31 heavy (non-hydrogen) atoms. The first-order valence-corrected chi connectivity index (χ1v) is 10.4. The molecule has 2 N–H and O–H groups in total. The molecular weight excluding hydrogens is 392 g/mol. The number of amides is 2. The Morgan fingerprint density at radius 2 is 1.68 bits per heavy atom. The molecule has 2 aromatic carbocycles. The van der Waals surface area contributed by atoms with Crippen molar-refractivity contribution in [2.24, 2.45) is 0 Å². The van der Waals surface area contributed by atoms with Gasteiger partial charge in [-0.1, -0.05) is 32.0 Å². The lowest BCUT2D eigenvalue weighted by Crippen LogP contribution is -2.16. The van der Waals surface area contributed by atoms with Crippen LogP contribution in [-0.2, 0) is 16.1 Å². The van der Waals surface area contributed by atoms with Crippen LogP contribution in [0.25, 0.3) is 0 Å². The van der Waals surface area contributed by atoms with E-state index in [0.717, 1.165) is 5.75 Å². The Kier molecular flexibility index (Phi) is 7.81. The summed E-state index contributed by atoms with van der Waals surface area (Å²) in [6, 6.07) is 15.0. The first kappa shape index (κ1) is 22.1. The number of imidazole rings is 1. The van der Waals surface area contributed by atoms with Gasteiger partial charge < -0.3 is 19.9 Å². The fraction of sp³-hybridized carbons (Fsp3) is 0.292. The van der Waals surface area contributed by atoms with Crippen molar-refractivity contribution in [1.82, 2.24) is 9.55 Å². The molecule has 1 heterocycles. The van der Waals surface area contributed by atoms with E-state index in [1.165, 1.54) is 5.56 Å². The smallest absolute Gasteiger partial charge is 0.227 e. The molecular formula is C24H28N4O3. The van der Waals surface area contributed by atoms with Gasteiger partial charge >= 0.3 is 0 Å². The van der Waals surface area contributed by atoms with Crippen molar-refractivity contribution < 1.29 is 14.3 Å². The fourth-order valence-electron chi connectivity index (χ4n) is 2.98. The second-order valence-corrected chi connectivity index (χ2v) is 7.55. The van der Waals surface area contributed by atoms with E-state index in [0.29, 0.717) is 30.3 Å². The van der Waals surface area contributed by atoms with Crippen LogP contribution < -0.4 is 15.4 Å². The molecule has 3 rings (SSSR count). The number of hydrogen-bond donors (Lipinski definition) is 2. The van der Waals surface area contributed by atoms with Crippen molar-refractivity contribution in [3.8, 4) is 5.75 Å². The SMILES string of the molecule is CC(C)c1ccc(OCCC(=O)Nc2cccc(NC(=O)CCn3ccnc3)c2)cc1. The molecule has 0 atom stereocenters. The quantitative estimate of drug-likeness (QED) is 0.508. The number of aromatic nitrogens is 2. The summed E-state index contributed by atoms with van der Waals surface area (Å²) in [5.41, 5.74) is 2.51. The fourth-order valence-corrected chi connectivity index (χ4v) is 2.98. The molecule has 7 heteroatoms. The maximum atomic E-state index is 12.2. The van der Waals surface area contributed by atoms with E-state index in [4.69, 9.17) is 4.74 Å². The van der Waals surface area contributed by atoms with Crippen LogP contribution in [0.5, 0.6) is 5.75 Å². The van der Waals surface area contributed by atoms with Crippen molar-refractivity contribution in [3.63, 3.8) is 0 Å². The van der Waals surface area contributed by atoms with E-state index in [-0.39, 0.29) is 24.8 Å². The third-order valence-electron chi connectivity index (χ3n) is 4.73. The molecule has 3 aromatic rings. The monoisotopic (exact) mass is 420 g/mol. The van der Waals surface area contributed by atoms with Crippen LogP contribution in [0.1, 0.15) is 38.2 Å². The van der Waals surface area contributed by atoms with Crippen LogP contribution in [0.2, 0.25) is 0 Å². The summed E-state index contributed by atoms with van der Waals surface area (Å²) in [6.45, 7) is 5.13. The van der Waals surface area contributed by atoms with Gasteiger partial charge in [-0.05, 0) is 41.8 Å². The van der Waals surface area contributed by atoms with Crippen LogP contribution >= 0.6 is 0 Å². The summed E-state index contributed by atoms with van der Waals surface area (Å²) in [6.07, 6.45) is 5.73. The zero-order chi connectivity index (χ0) is 22.1. The number of carbonyl (C=O) groups is 2. The summed E-state index contributed by atoms with van der Waals surface area (Å²) in [4.78, 5) is 28.3. The van der Waals surface area contributed by atoms with Gasteiger partial charge in [0.05, 0.1) is 19.4 Å². The van der Waals surface area contributed by atoms with Gasteiger partial charge in [0.15, 0.2) is 0 Å². The van der Waals surface area contributed by atoms with Crippen LogP contribution in [0.3, 0.4) is 0 Å². The molecule has 162 valence electrons. The standard InChI is InChI=1S/C24H28N4O3/c1-18(2)19-6-8-22(9-7-19)31-15-11-24(30)27-21-5-3-4-20(16-21)26-23(29)10-13-28-14-12-25-17-28/h3-9,12,14,16-18H,10-11,13,15H2,1-2H3,(H,26,29)(H,27,30). The second-order valence-electron chi connectivity index (χ2n) is 7.55. The average molecular weight is 421 g/mol. The third kappa shape index (κ3) is 7.29. The molecule has 0 saturated heterocycles. The molecule has 0 aliphatic carbocycles. The number of hydrogen-bond acceptors (Lipinski definition) is 4. The van der Waals surface area contributed by atoms with E-state index in [2.05, 4.69) is 29.5 Å². The van der Waals surface area contributed by atoms with E-state index in [9.17, 15) is 9.59 Å². The minimum absolute atomic E-state index is 0.103. The van der Waals surface area contributed by atoms with Crippen LogP contribution in [0.15, 0.2) is 67.3 Å². The Balaban J connectivity index is 1.42. The summed E-state index contributed by atoms with van der Waals surface area (Å²) in [5.74, 6) is 0.964. The summed E-state index contributed by atoms with van der Waals surface area (Å²) in [7, 11) is 0. The van der Waals surface area contributed by atoms with Crippen LogP contribution in [0, 0.1) is 0 Å².